The molecule has 0 amide bonds. The van der Waals surface area contributed by atoms with Gasteiger partial charge in [-0.1, -0.05) is 25.5 Å². The predicted molar refractivity (Wildman–Crippen MR) is 47.4 cm³/mol. The molecule has 0 atom stereocenters. The normalized spacial score (nSPS) is 23.0. The highest BCUT2D eigenvalue weighted by atomic mass is 16.2. The lowest BCUT2D eigenvalue weighted by molar-refractivity contribution is 0.274. The summed E-state index contributed by atoms with van der Waals surface area (Å²) in [5, 5.41) is 8.81. The second-order valence-corrected chi connectivity index (χ2v) is 3.98. The van der Waals surface area contributed by atoms with Crippen molar-refractivity contribution in [2.75, 3.05) is 6.61 Å². The van der Waals surface area contributed by atoms with E-state index in [2.05, 4.69) is 19.9 Å². The first-order valence-corrected chi connectivity index (χ1v) is 4.47. The number of aliphatic hydroxyl groups excluding tert-OH is 1. The van der Waals surface area contributed by atoms with Crippen molar-refractivity contribution in [2.24, 2.45) is 5.41 Å². The highest BCUT2D eigenvalue weighted by Crippen LogP contribution is 2.37. The van der Waals surface area contributed by atoms with Gasteiger partial charge in [-0.05, 0) is 31.1 Å². The van der Waals surface area contributed by atoms with E-state index in [1.807, 2.05) is 0 Å². The fraction of sp³-hybridized carbons (Fsp3) is 0.800. The van der Waals surface area contributed by atoms with Gasteiger partial charge in [-0.2, -0.15) is 0 Å². The quantitative estimate of drug-likeness (QED) is 0.606. The van der Waals surface area contributed by atoms with Gasteiger partial charge in [-0.15, -0.1) is 0 Å². The molecule has 0 aliphatic heterocycles. The van der Waals surface area contributed by atoms with Gasteiger partial charge >= 0.3 is 0 Å². The third kappa shape index (κ3) is 2.06. The summed E-state index contributed by atoms with van der Waals surface area (Å²) in [6, 6.07) is 0. The van der Waals surface area contributed by atoms with Gasteiger partial charge in [-0.25, -0.2) is 0 Å². The fourth-order valence-electron chi connectivity index (χ4n) is 1.82. The van der Waals surface area contributed by atoms with Crippen molar-refractivity contribution < 1.29 is 5.11 Å². The van der Waals surface area contributed by atoms with Gasteiger partial charge in [0.25, 0.3) is 0 Å². The monoisotopic (exact) mass is 154 g/mol. The standard InChI is InChI=1S/C10H18O/c1-10(2)7-4-3-5-9(10)6-8-11/h5,11H,3-4,6-8H2,1-2H3. The lowest BCUT2D eigenvalue weighted by atomic mass is 9.74. The van der Waals surface area contributed by atoms with E-state index in [1.54, 1.807) is 0 Å². The van der Waals surface area contributed by atoms with E-state index in [4.69, 9.17) is 5.11 Å². The van der Waals surface area contributed by atoms with Crippen LogP contribution in [-0.4, -0.2) is 11.7 Å². The number of aliphatic hydroxyl groups is 1. The van der Waals surface area contributed by atoms with Crippen LogP contribution in [-0.2, 0) is 0 Å². The van der Waals surface area contributed by atoms with Crippen LogP contribution in [0.4, 0.5) is 0 Å². The van der Waals surface area contributed by atoms with Crippen LogP contribution in [0.2, 0.25) is 0 Å². The average molecular weight is 154 g/mol. The maximum absolute atomic E-state index is 8.81. The van der Waals surface area contributed by atoms with Crippen LogP contribution in [0.3, 0.4) is 0 Å². The molecule has 0 aromatic rings. The molecule has 0 fully saturated rings. The molecule has 0 unspecified atom stereocenters. The minimum atomic E-state index is 0.301. The van der Waals surface area contributed by atoms with E-state index in [0.717, 1.165) is 6.42 Å². The van der Waals surface area contributed by atoms with Gasteiger partial charge in [0, 0.05) is 6.61 Å². The summed E-state index contributed by atoms with van der Waals surface area (Å²) in [5.41, 5.74) is 1.80. The first kappa shape index (κ1) is 8.79. The summed E-state index contributed by atoms with van der Waals surface area (Å²) < 4.78 is 0. The Morgan fingerprint density at radius 2 is 2.27 bits per heavy atom. The summed E-state index contributed by atoms with van der Waals surface area (Å²) >= 11 is 0. The molecule has 0 spiro atoms. The smallest absolute Gasteiger partial charge is 0.0468 e. The molecular formula is C10H18O. The first-order chi connectivity index (χ1) is 5.17. The Hall–Kier alpha value is -0.300. The highest BCUT2D eigenvalue weighted by Gasteiger charge is 2.24. The molecule has 0 aromatic heterocycles. The third-order valence-electron chi connectivity index (χ3n) is 2.65. The topological polar surface area (TPSA) is 20.2 Å². The van der Waals surface area contributed by atoms with E-state index < -0.39 is 0 Å². The van der Waals surface area contributed by atoms with Crippen LogP contribution in [0.25, 0.3) is 0 Å². The van der Waals surface area contributed by atoms with Crippen LogP contribution < -0.4 is 0 Å². The Bertz CT molecular complexity index is 156. The Morgan fingerprint density at radius 3 is 2.82 bits per heavy atom. The molecule has 1 aliphatic rings. The summed E-state index contributed by atoms with van der Waals surface area (Å²) in [7, 11) is 0. The molecule has 0 aromatic carbocycles. The van der Waals surface area contributed by atoms with E-state index in [-0.39, 0.29) is 0 Å². The average Bonchev–Trinajstić information content (AvgIpc) is 1.94. The van der Waals surface area contributed by atoms with Gasteiger partial charge in [0.2, 0.25) is 0 Å². The van der Waals surface area contributed by atoms with Gasteiger partial charge in [0.1, 0.15) is 0 Å². The lowest BCUT2D eigenvalue weighted by Gasteiger charge is -2.31. The summed E-state index contributed by atoms with van der Waals surface area (Å²) in [4.78, 5) is 0. The molecule has 1 nitrogen and oxygen atoms in total. The predicted octanol–water partition coefficient (Wildman–Crippen LogP) is 2.51. The zero-order valence-electron chi connectivity index (χ0n) is 7.56. The largest absolute Gasteiger partial charge is 0.396 e. The lowest BCUT2D eigenvalue weighted by Crippen LogP contribution is -2.18. The number of rotatable bonds is 2. The van der Waals surface area contributed by atoms with Crippen molar-refractivity contribution in [2.45, 2.75) is 39.5 Å². The zero-order chi connectivity index (χ0) is 8.32. The summed E-state index contributed by atoms with van der Waals surface area (Å²) in [6.07, 6.45) is 6.96. The Labute approximate surface area is 69.1 Å². The van der Waals surface area contributed by atoms with Crippen molar-refractivity contribution in [3.05, 3.63) is 11.6 Å². The number of allylic oxidation sites excluding steroid dienone is 1. The molecule has 1 aliphatic carbocycles. The third-order valence-corrected chi connectivity index (χ3v) is 2.65. The minimum absolute atomic E-state index is 0.301. The molecule has 1 heteroatoms. The van der Waals surface area contributed by atoms with Crippen molar-refractivity contribution in [1.82, 2.24) is 0 Å². The molecular weight excluding hydrogens is 136 g/mol. The molecule has 0 heterocycles. The maximum Gasteiger partial charge on any atom is 0.0468 e. The van der Waals surface area contributed by atoms with Crippen LogP contribution in [0, 0.1) is 5.41 Å². The molecule has 0 saturated carbocycles. The van der Waals surface area contributed by atoms with Crippen molar-refractivity contribution in [1.29, 1.82) is 0 Å². The van der Waals surface area contributed by atoms with Gasteiger partial charge in [0.15, 0.2) is 0 Å². The molecule has 0 saturated heterocycles. The van der Waals surface area contributed by atoms with Gasteiger partial charge in [0.05, 0.1) is 0 Å². The van der Waals surface area contributed by atoms with Crippen molar-refractivity contribution in [3.8, 4) is 0 Å². The zero-order valence-corrected chi connectivity index (χ0v) is 7.56. The molecule has 64 valence electrons. The van der Waals surface area contributed by atoms with Crippen molar-refractivity contribution in [3.63, 3.8) is 0 Å². The van der Waals surface area contributed by atoms with Crippen LogP contribution in [0.15, 0.2) is 11.6 Å². The van der Waals surface area contributed by atoms with Gasteiger partial charge in [-0.3, -0.25) is 0 Å². The molecule has 0 radical (unpaired) electrons. The first-order valence-electron chi connectivity index (χ1n) is 4.47. The Kier molecular flexibility index (Phi) is 2.72. The Balaban J connectivity index is 2.64. The summed E-state index contributed by atoms with van der Waals surface area (Å²) in [5.74, 6) is 0. The van der Waals surface area contributed by atoms with E-state index in [1.165, 1.54) is 24.8 Å². The van der Waals surface area contributed by atoms with Gasteiger partial charge < -0.3 is 5.11 Å². The van der Waals surface area contributed by atoms with E-state index in [0.29, 0.717) is 12.0 Å². The van der Waals surface area contributed by atoms with Crippen LogP contribution >= 0.6 is 0 Å². The van der Waals surface area contributed by atoms with E-state index >= 15 is 0 Å². The van der Waals surface area contributed by atoms with E-state index in [9.17, 15) is 0 Å². The maximum atomic E-state index is 8.81. The molecule has 11 heavy (non-hydrogen) atoms. The number of hydrogen-bond donors (Lipinski definition) is 1. The van der Waals surface area contributed by atoms with Crippen LogP contribution in [0.1, 0.15) is 39.5 Å². The second-order valence-electron chi connectivity index (χ2n) is 3.98. The Morgan fingerprint density at radius 1 is 1.55 bits per heavy atom. The molecule has 1 rings (SSSR count). The minimum Gasteiger partial charge on any atom is -0.396 e. The van der Waals surface area contributed by atoms with Crippen LogP contribution in [0.5, 0.6) is 0 Å². The van der Waals surface area contributed by atoms with Crippen molar-refractivity contribution >= 4 is 0 Å². The number of hydrogen-bond acceptors (Lipinski definition) is 1. The fourth-order valence-corrected chi connectivity index (χ4v) is 1.82. The summed E-state index contributed by atoms with van der Waals surface area (Å²) in [6.45, 7) is 4.84. The second kappa shape index (κ2) is 3.40. The highest BCUT2D eigenvalue weighted by molar-refractivity contribution is 5.14. The molecule has 1 N–H and O–H groups in total. The molecule has 0 bridgehead atoms. The SMILES string of the molecule is CC1(C)CCCC=C1CCO.